The second-order valence-electron chi connectivity index (χ2n) is 7.18. The molecule has 5 rings (SSSR count). The smallest absolute Gasteiger partial charge is 0.194 e. The van der Waals surface area contributed by atoms with Crippen LogP contribution in [0.3, 0.4) is 0 Å². The summed E-state index contributed by atoms with van der Waals surface area (Å²) in [6.45, 7) is 8.08. The fourth-order valence-electron chi connectivity index (χ4n) is 3.49. The molecule has 0 aliphatic carbocycles. The Hall–Kier alpha value is -1.91. The molecule has 1 aliphatic heterocycles. The van der Waals surface area contributed by atoms with Crippen LogP contribution >= 0.6 is 34.4 Å². The lowest BCUT2D eigenvalue weighted by atomic mass is 10.2. The van der Waals surface area contributed by atoms with Crippen molar-refractivity contribution in [1.29, 1.82) is 0 Å². The molecule has 1 aliphatic rings. The van der Waals surface area contributed by atoms with E-state index >= 15 is 0 Å². The summed E-state index contributed by atoms with van der Waals surface area (Å²) in [4.78, 5) is 23.8. The lowest BCUT2D eigenvalue weighted by molar-refractivity contribution is 0.0330. The highest BCUT2D eigenvalue weighted by Gasteiger charge is 2.20. The molecule has 4 aromatic rings. The first-order valence-electron chi connectivity index (χ1n) is 9.78. The fourth-order valence-corrected chi connectivity index (χ4v) is 6.35. The van der Waals surface area contributed by atoms with Gasteiger partial charge in [0.1, 0.15) is 15.7 Å². The fraction of sp³-hybridized carbons (Fsp3) is 0.333. The molecule has 1 saturated heterocycles. The van der Waals surface area contributed by atoms with Crippen molar-refractivity contribution in [3.63, 3.8) is 0 Å². The summed E-state index contributed by atoms with van der Waals surface area (Å²) >= 11 is 4.95. The molecule has 9 heteroatoms. The number of aryl methyl sites for hydroxylation is 2. The van der Waals surface area contributed by atoms with Crippen LogP contribution in [0.15, 0.2) is 39.1 Å². The Kier molecular flexibility index (Phi) is 5.79. The average molecular weight is 456 g/mol. The van der Waals surface area contributed by atoms with Gasteiger partial charge in [-0.1, -0.05) is 6.07 Å². The number of morpholine rings is 1. The number of fused-ring (bicyclic) bond motifs is 1. The zero-order valence-electron chi connectivity index (χ0n) is 16.8. The summed E-state index contributed by atoms with van der Waals surface area (Å²) in [6.07, 6.45) is 0. The Labute approximate surface area is 187 Å². The summed E-state index contributed by atoms with van der Waals surface area (Å²) in [5.41, 5.74) is 3.12. The van der Waals surface area contributed by atoms with Crippen LogP contribution in [-0.4, -0.2) is 51.1 Å². The number of thiophene rings is 2. The minimum Gasteiger partial charge on any atom is -0.379 e. The number of nitrogens with zero attached hydrogens (tertiary/aromatic N) is 5. The molecule has 5 heterocycles. The van der Waals surface area contributed by atoms with Gasteiger partial charge in [0.05, 0.1) is 25.1 Å². The zero-order chi connectivity index (χ0) is 20.5. The highest BCUT2D eigenvalue weighted by molar-refractivity contribution is 7.99. The Morgan fingerprint density at radius 3 is 2.60 bits per heavy atom. The molecule has 154 valence electrons. The molecule has 0 saturated carbocycles. The van der Waals surface area contributed by atoms with E-state index in [1.54, 1.807) is 22.7 Å². The average Bonchev–Trinajstić information content (AvgIpc) is 3.37. The highest BCUT2D eigenvalue weighted by atomic mass is 32.2. The van der Waals surface area contributed by atoms with E-state index in [-0.39, 0.29) is 0 Å². The topological polar surface area (TPSA) is 64.0 Å². The molecule has 0 amide bonds. The Bertz CT molecular complexity index is 1150. The van der Waals surface area contributed by atoms with Crippen molar-refractivity contribution >= 4 is 44.7 Å². The first-order valence-corrected chi connectivity index (χ1v) is 12.4. The van der Waals surface area contributed by atoms with Crippen LogP contribution in [-0.2, 0) is 11.3 Å². The summed E-state index contributed by atoms with van der Waals surface area (Å²) in [5.74, 6) is 0.843. The van der Waals surface area contributed by atoms with Crippen LogP contribution in [0.4, 0.5) is 0 Å². The molecule has 0 radical (unpaired) electrons. The van der Waals surface area contributed by atoms with E-state index in [1.165, 1.54) is 22.2 Å². The maximum atomic E-state index is 5.48. The van der Waals surface area contributed by atoms with E-state index in [0.29, 0.717) is 0 Å². The van der Waals surface area contributed by atoms with E-state index in [1.807, 2.05) is 19.9 Å². The second-order valence-corrected chi connectivity index (χ2v) is 9.94. The minimum absolute atomic E-state index is 0.729. The maximum absolute atomic E-state index is 5.48. The number of aromatic nitrogens is 4. The van der Waals surface area contributed by atoms with Gasteiger partial charge < -0.3 is 4.74 Å². The summed E-state index contributed by atoms with van der Waals surface area (Å²) < 4.78 is 5.48. The van der Waals surface area contributed by atoms with Gasteiger partial charge in [-0.05, 0) is 43.1 Å². The van der Waals surface area contributed by atoms with Gasteiger partial charge in [0, 0.05) is 40.3 Å². The van der Waals surface area contributed by atoms with Crippen LogP contribution in [0.25, 0.3) is 20.7 Å². The van der Waals surface area contributed by atoms with Gasteiger partial charge >= 0.3 is 0 Å². The molecule has 30 heavy (non-hydrogen) atoms. The standard InChI is InChI=1S/C21H21N5OS3/c1-13-10-14(2)23-21(22-13)30-20-18-15(16-4-3-9-28-16)12-29-19(18)24-17(25-20)11-26-5-7-27-8-6-26/h3-4,9-10,12H,5-8,11H2,1-2H3. The molecule has 6 nitrogen and oxygen atoms in total. The van der Waals surface area contributed by atoms with Crippen LogP contribution in [0.1, 0.15) is 17.2 Å². The number of rotatable bonds is 5. The van der Waals surface area contributed by atoms with Crippen molar-refractivity contribution < 1.29 is 4.74 Å². The molecule has 1 fully saturated rings. The number of ether oxygens (including phenoxy) is 1. The van der Waals surface area contributed by atoms with Crippen LogP contribution in [0.2, 0.25) is 0 Å². The van der Waals surface area contributed by atoms with E-state index in [4.69, 9.17) is 14.7 Å². The lowest BCUT2D eigenvalue weighted by Gasteiger charge is -2.25. The van der Waals surface area contributed by atoms with Crippen molar-refractivity contribution in [3.8, 4) is 10.4 Å². The van der Waals surface area contributed by atoms with Crippen molar-refractivity contribution in [3.05, 3.63) is 46.2 Å². The van der Waals surface area contributed by atoms with Crippen molar-refractivity contribution in [2.24, 2.45) is 0 Å². The van der Waals surface area contributed by atoms with Gasteiger partial charge in [0.15, 0.2) is 5.16 Å². The predicted molar refractivity (Wildman–Crippen MR) is 122 cm³/mol. The van der Waals surface area contributed by atoms with E-state index in [9.17, 15) is 0 Å². The van der Waals surface area contributed by atoms with E-state index < -0.39 is 0 Å². The quantitative estimate of drug-likeness (QED) is 0.316. The van der Waals surface area contributed by atoms with Crippen LogP contribution < -0.4 is 0 Å². The van der Waals surface area contributed by atoms with Gasteiger partial charge in [0.2, 0.25) is 0 Å². The molecular weight excluding hydrogens is 434 g/mol. The predicted octanol–water partition coefficient (Wildman–Crippen LogP) is 4.81. The zero-order valence-corrected chi connectivity index (χ0v) is 19.2. The first-order chi connectivity index (χ1) is 14.7. The molecule has 0 aromatic carbocycles. The van der Waals surface area contributed by atoms with Crippen LogP contribution in [0, 0.1) is 13.8 Å². The molecule has 0 spiro atoms. The summed E-state index contributed by atoms with van der Waals surface area (Å²) in [6, 6.07) is 6.22. The molecule has 4 aromatic heterocycles. The second kappa shape index (κ2) is 8.68. The molecule has 0 N–H and O–H groups in total. The van der Waals surface area contributed by atoms with Crippen molar-refractivity contribution in [2.45, 2.75) is 30.6 Å². The molecule has 0 bridgehead atoms. The highest BCUT2D eigenvalue weighted by Crippen LogP contribution is 2.41. The largest absolute Gasteiger partial charge is 0.379 e. The number of hydrogen-bond acceptors (Lipinski definition) is 9. The minimum atomic E-state index is 0.729. The SMILES string of the molecule is Cc1cc(C)nc(Sc2nc(CN3CCOCC3)nc3scc(-c4cccs4)c23)n1. The summed E-state index contributed by atoms with van der Waals surface area (Å²) in [5, 5.41) is 7.05. The van der Waals surface area contributed by atoms with Crippen molar-refractivity contribution in [1.82, 2.24) is 24.8 Å². The third-order valence-corrected chi connectivity index (χ3v) is 7.48. The van der Waals surface area contributed by atoms with E-state index in [0.717, 1.165) is 70.5 Å². The Balaban J connectivity index is 1.59. The molecular formula is C21H21N5OS3. The van der Waals surface area contributed by atoms with Gasteiger partial charge in [-0.15, -0.1) is 22.7 Å². The van der Waals surface area contributed by atoms with Gasteiger partial charge in [-0.25, -0.2) is 19.9 Å². The monoisotopic (exact) mass is 455 g/mol. The third kappa shape index (κ3) is 4.26. The molecule has 0 unspecified atom stereocenters. The lowest BCUT2D eigenvalue weighted by Crippen LogP contribution is -2.36. The van der Waals surface area contributed by atoms with Gasteiger partial charge in [-0.2, -0.15) is 0 Å². The molecule has 0 atom stereocenters. The van der Waals surface area contributed by atoms with Gasteiger partial charge in [-0.3, -0.25) is 4.90 Å². The van der Waals surface area contributed by atoms with Crippen molar-refractivity contribution in [2.75, 3.05) is 26.3 Å². The number of hydrogen-bond donors (Lipinski definition) is 0. The first kappa shape index (κ1) is 20.0. The maximum Gasteiger partial charge on any atom is 0.194 e. The summed E-state index contributed by atoms with van der Waals surface area (Å²) in [7, 11) is 0. The third-order valence-electron chi connectivity index (χ3n) is 4.85. The normalized spacial score (nSPS) is 15.1. The van der Waals surface area contributed by atoms with Gasteiger partial charge in [0.25, 0.3) is 0 Å². The Morgan fingerprint density at radius 2 is 1.87 bits per heavy atom. The Morgan fingerprint density at radius 1 is 1.07 bits per heavy atom. The van der Waals surface area contributed by atoms with E-state index in [2.05, 4.69) is 37.8 Å². The van der Waals surface area contributed by atoms with Crippen LogP contribution in [0.5, 0.6) is 0 Å².